The van der Waals surface area contributed by atoms with Gasteiger partial charge in [-0.15, -0.1) is 0 Å². The molecule has 0 radical (unpaired) electrons. The zero-order valence-electron chi connectivity index (χ0n) is 18.8. The van der Waals surface area contributed by atoms with Crippen LogP contribution in [0.5, 0.6) is 0 Å². The van der Waals surface area contributed by atoms with E-state index in [0.29, 0.717) is 25.1 Å². The van der Waals surface area contributed by atoms with E-state index >= 15 is 0 Å². The lowest BCUT2D eigenvalue weighted by Crippen LogP contribution is -2.54. The summed E-state index contributed by atoms with van der Waals surface area (Å²) in [6.45, 7) is 3.20. The Hall–Kier alpha value is -2.28. The number of aromatic nitrogens is 2. The van der Waals surface area contributed by atoms with Crippen LogP contribution in [-0.4, -0.2) is 85.3 Å². The summed E-state index contributed by atoms with van der Waals surface area (Å²) in [5, 5.41) is 4.04. The lowest BCUT2D eigenvalue weighted by Gasteiger charge is -2.38. The average Bonchev–Trinajstić information content (AvgIpc) is 3.18. The molecule has 2 fully saturated rings. The standard InChI is InChI=1S/C21H29N5O5S2/c1-17-20(15-22-23(17)2)33(30,31)26-10-6-7-18(16-26)21(27)24-11-13-25(14-12-24)32(28,29)19-8-4-3-5-9-19/h3-5,8-9,15,18H,6-7,10-14,16H2,1-2H3/t18-/m0/s1. The lowest BCUT2D eigenvalue weighted by atomic mass is 9.98. The minimum atomic E-state index is -3.74. The van der Waals surface area contributed by atoms with Gasteiger partial charge in [-0.1, -0.05) is 18.2 Å². The average molecular weight is 496 g/mol. The zero-order valence-corrected chi connectivity index (χ0v) is 20.4. The van der Waals surface area contributed by atoms with Crippen molar-refractivity contribution >= 4 is 26.0 Å². The fourth-order valence-corrected chi connectivity index (χ4v) is 7.53. The van der Waals surface area contributed by atoms with Gasteiger partial charge in [0.15, 0.2) is 0 Å². The molecule has 1 aromatic carbocycles. The summed E-state index contributed by atoms with van der Waals surface area (Å²) in [7, 11) is -5.64. The highest BCUT2D eigenvalue weighted by Crippen LogP contribution is 2.27. The number of carbonyl (C=O) groups excluding carboxylic acids is 1. The Morgan fingerprint density at radius 1 is 0.939 bits per heavy atom. The molecule has 2 aliphatic heterocycles. The summed E-state index contributed by atoms with van der Waals surface area (Å²) >= 11 is 0. The van der Waals surface area contributed by atoms with E-state index in [4.69, 9.17) is 0 Å². The number of hydrogen-bond acceptors (Lipinski definition) is 6. The highest BCUT2D eigenvalue weighted by atomic mass is 32.2. The Morgan fingerprint density at radius 2 is 1.61 bits per heavy atom. The van der Waals surface area contributed by atoms with Gasteiger partial charge >= 0.3 is 0 Å². The molecule has 4 rings (SSSR count). The fourth-order valence-electron chi connectivity index (χ4n) is 4.38. The molecule has 33 heavy (non-hydrogen) atoms. The number of piperidine rings is 1. The van der Waals surface area contributed by atoms with Crippen LogP contribution in [-0.2, 0) is 31.9 Å². The molecule has 0 saturated carbocycles. The van der Waals surface area contributed by atoms with Crippen LogP contribution in [0.3, 0.4) is 0 Å². The predicted molar refractivity (Wildman–Crippen MR) is 121 cm³/mol. The maximum Gasteiger partial charge on any atom is 0.246 e. The number of carbonyl (C=O) groups is 1. The molecule has 2 aliphatic rings. The number of nitrogens with zero attached hydrogens (tertiary/aromatic N) is 5. The molecule has 10 nitrogen and oxygen atoms in total. The molecule has 1 amide bonds. The van der Waals surface area contributed by atoms with Gasteiger partial charge in [0.05, 0.1) is 22.7 Å². The summed E-state index contributed by atoms with van der Waals surface area (Å²) < 4.78 is 56.2. The van der Waals surface area contributed by atoms with Gasteiger partial charge in [-0.05, 0) is 31.9 Å². The summed E-state index contributed by atoms with van der Waals surface area (Å²) in [6.07, 6.45) is 2.55. The van der Waals surface area contributed by atoms with Crippen LogP contribution in [0.1, 0.15) is 18.5 Å². The van der Waals surface area contributed by atoms with E-state index in [9.17, 15) is 21.6 Å². The van der Waals surface area contributed by atoms with Crippen molar-refractivity contribution in [2.24, 2.45) is 13.0 Å². The highest BCUT2D eigenvalue weighted by molar-refractivity contribution is 7.89. The van der Waals surface area contributed by atoms with Crippen molar-refractivity contribution < 1.29 is 21.6 Å². The van der Waals surface area contributed by atoms with Gasteiger partial charge in [0.2, 0.25) is 26.0 Å². The Bertz CT molecular complexity index is 1220. The van der Waals surface area contributed by atoms with Crippen LogP contribution in [0.15, 0.2) is 46.3 Å². The summed E-state index contributed by atoms with van der Waals surface area (Å²) in [4.78, 5) is 15.2. The Morgan fingerprint density at radius 3 is 2.21 bits per heavy atom. The van der Waals surface area contributed by atoms with Crippen molar-refractivity contribution in [1.82, 2.24) is 23.3 Å². The predicted octanol–water partition coefficient (Wildman–Crippen LogP) is 0.662. The number of hydrogen-bond donors (Lipinski definition) is 0. The number of piperazine rings is 1. The molecule has 0 bridgehead atoms. The van der Waals surface area contributed by atoms with Crippen LogP contribution in [0.4, 0.5) is 0 Å². The van der Waals surface area contributed by atoms with E-state index in [1.165, 1.54) is 19.5 Å². The van der Waals surface area contributed by atoms with Gasteiger partial charge in [-0.3, -0.25) is 9.48 Å². The molecule has 0 unspecified atom stereocenters. The maximum absolute atomic E-state index is 13.2. The number of amides is 1. The molecule has 1 aromatic heterocycles. The third-order valence-electron chi connectivity index (χ3n) is 6.47. The fraction of sp³-hybridized carbons (Fsp3) is 0.524. The van der Waals surface area contributed by atoms with Gasteiger partial charge in [0.1, 0.15) is 4.90 Å². The second kappa shape index (κ2) is 9.16. The van der Waals surface area contributed by atoms with Crippen LogP contribution in [0.2, 0.25) is 0 Å². The second-order valence-corrected chi connectivity index (χ2v) is 12.3. The van der Waals surface area contributed by atoms with E-state index in [0.717, 1.165) is 0 Å². The number of sulfonamides is 2. The molecule has 0 N–H and O–H groups in total. The van der Waals surface area contributed by atoms with Gasteiger partial charge in [-0.25, -0.2) is 16.8 Å². The van der Waals surface area contributed by atoms with Crippen LogP contribution < -0.4 is 0 Å². The SMILES string of the molecule is Cc1c(S(=O)(=O)N2CCC[C@H](C(=O)N3CCN(S(=O)(=O)c4ccccc4)CC3)C2)cnn1C. The summed E-state index contributed by atoms with van der Waals surface area (Å²) in [5.41, 5.74) is 0.555. The normalized spacial score (nSPS) is 21.3. The first-order chi connectivity index (χ1) is 15.6. The monoisotopic (exact) mass is 495 g/mol. The molecule has 0 spiro atoms. The second-order valence-electron chi connectivity index (χ2n) is 8.46. The minimum Gasteiger partial charge on any atom is -0.340 e. The first kappa shape index (κ1) is 23.9. The van der Waals surface area contributed by atoms with Gasteiger partial charge in [-0.2, -0.15) is 13.7 Å². The van der Waals surface area contributed by atoms with Crippen LogP contribution >= 0.6 is 0 Å². The Balaban J connectivity index is 1.40. The molecule has 1 atom stereocenters. The van der Waals surface area contributed by atoms with E-state index < -0.39 is 26.0 Å². The van der Waals surface area contributed by atoms with Crippen molar-refractivity contribution in [3.63, 3.8) is 0 Å². The zero-order chi connectivity index (χ0) is 23.8. The molecule has 3 heterocycles. The smallest absolute Gasteiger partial charge is 0.246 e. The highest BCUT2D eigenvalue weighted by Gasteiger charge is 2.38. The quantitative estimate of drug-likeness (QED) is 0.602. The largest absolute Gasteiger partial charge is 0.340 e. The van der Waals surface area contributed by atoms with E-state index in [1.807, 2.05) is 0 Å². The third kappa shape index (κ3) is 4.57. The van der Waals surface area contributed by atoms with Crippen LogP contribution in [0, 0.1) is 12.8 Å². The minimum absolute atomic E-state index is 0.116. The molecule has 180 valence electrons. The molecular formula is C21H29N5O5S2. The first-order valence-electron chi connectivity index (χ1n) is 10.9. The van der Waals surface area contributed by atoms with Crippen LogP contribution in [0.25, 0.3) is 0 Å². The van der Waals surface area contributed by atoms with Crippen molar-refractivity contribution in [2.75, 3.05) is 39.3 Å². The molecule has 12 heteroatoms. The van der Waals surface area contributed by atoms with Crippen molar-refractivity contribution in [3.05, 3.63) is 42.2 Å². The van der Waals surface area contributed by atoms with Crippen molar-refractivity contribution in [1.29, 1.82) is 0 Å². The molecule has 2 aromatic rings. The van der Waals surface area contributed by atoms with Gasteiger partial charge in [0, 0.05) is 46.3 Å². The van der Waals surface area contributed by atoms with Gasteiger partial charge in [0.25, 0.3) is 0 Å². The van der Waals surface area contributed by atoms with Crippen molar-refractivity contribution in [2.45, 2.75) is 29.6 Å². The van der Waals surface area contributed by atoms with Gasteiger partial charge < -0.3 is 4.90 Å². The van der Waals surface area contributed by atoms with E-state index in [2.05, 4.69) is 5.10 Å². The van der Waals surface area contributed by atoms with E-state index in [-0.39, 0.29) is 48.4 Å². The van der Waals surface area contributed by atoms with E-state index in [1.54, 1.807) is 49.2 Å². The van der Waals surface area contributed by atoms with Crippen molar-refractivity contribution in [3.8, 4) is 0 Å². The third-order valence-corrected chi connectivity index (χ3v) is 10.4. The Kier molecular flexibility index (Phi) is 6.63. The summed E-state index contributed by atoms with van der Waals surface area (Å²) in [5.74, 6) is -0.558. The number of rotatable bonds is 5. The molecule has 2 saturated heterocycles. The number of aryl methyl sites for hydroxylation is 1. The molecule has 0 aliphatic carbocycles. The topological polar surface area (TPSA) is 113 Å². The first-order valence-corrected chi connectivity index (χ1v) is 13.8. The lowest BCUT2D eigenvalue weighted by molar-refractivity contribution is -0.137. The Labute approximate surface area is 194 Å². The molecular weight excluding hydrogens is 466 g/mol. The summed E-state index contributed by atoms with van der Waals surface area (Å²) in [6, 6.07) is 8.26. The number of benzene rings is 1. The maximum atomic E-state index is 13.2.